The molecule has 0 heterocycles. The SMILES string of the molecule is CCNCC(C)(O)COc1ccc(F)c(C)c1. The van der Waals surface area contributed by atoms with Gasteiger partial charge in [0.1, 0.15) is 23.8 Å². The molecule has 0 spiro atoms. The summed E-state index contributed by atoms with van der Waals surface area (Å²) in [5.74, 6) is 0.317. The highest BCUT2D eigenvalue weighted by Gasteiger charge is 2.20. The highest BCUT2D eigenvalue weighted by atomic mass is 19.1. The van der Waals surface area contributed by atoms with Crippen molar-refractivity contribution in [3.8, 4) is 5.75 Å². The van der Waals surface area contributed by atoms with Crippen LogP contribution in [0.25, 0.3) is 0 Å². The Morgan fingerprint density at radius 2 is 2.18 bits per heavy atom. The van der Waals surface area contributed by atoms with E-state index in [1.54, 1.807) is 26.0 Å². The summed E-state index contributed by atoms with van der Waals surface area (Å²) < 4.78 is 18.5. The lowest BCUT2D eigenvalue weighted by molar-refractivity contribution is 0.0127. The minimum absolute atomic E-state index is 0.172. The van der Waals surface area contributed by atoms with Crippen LogP contribution in [0.15, 0.2) is 18.2 Å². The molecule has 1 unspecified atom stereocenters. The third kappa shape index (κ3) is 4.71. The first-order chi connectivity index (χ1) is 7.94. The number of aliphatic hydroxyl groups is 1. The van der Waals surface area contributed by atoms with Crippen LogP contribution in [0.4, 0.5) is 4.39 Å². The minimum atomic E-state index is -0.932. The second kappa shape index (κ2) is 5.98. The maximum absolute atomic E-state index is 13.0. The normalized spacial score (nSPS) is 14.4. The van der Waals surface area contributed by atoms with Gasteiger partial charge in [-0.1, -0.05) is 6.92 Å². The molecule has 17 heavy (non-hydrogen) atoms. The van der Waals surface area contributed by atoms with Gasteiger partial charge in [-0.15, -0.1) is 0 Å². The maximum atomic E-state index is 13.0. The molecule has 0 saturated carbocycles. The number of hydrogen-bond donors (Lipinski definition) is 2. The Balaban J connectivity index is 2.51. The molecule has 1 rings (SSSR count). The number of ether oxygens (including phenoxy) is 1. The lowest BCUT2D eigenvalue weighted by Gasteiger charge is -2.23. The zero-order valence-corrected chi connectivity index (χ0v) is 10.6. The van der Waals surface area contributed by atoms with Gasteiger partial charge in [-0.25, -0.2) is 4.39 Å². The number of hydrogen-bond acceptors (Lipinski definition) is 3. The molecule has 1 aromatic carbocycles. The van der Waals surface area contributed by atoms with Crippen LogP contribution in [-0.2, 0) is 0 Å². The van der Waals surface area contributed by atoms with E-state index in [1.165, 1.54) is 6.07 Å². The maximum Gasteiger partial charge on any atom is 0.126 e. The molecular formula is C13H20FNO2. The molecule has 1 atom stereocenters. The van der Waals surface area contributed by atoms with E-state index in [9.17, 15) is 9.50 Å². The van der Waals surface area contributed by atoms with Crippen LogP contribution in [0.2, 0.25) is 0 Å². The molecular weight excluding hydrogens is 221 g/mol. The van der Waals surface area contributed by atoms with Crippen molar-refractivity contribution in [2.24, 2.45) is 0 Å². The van der Waals surface area contributed by atoms with E-state index in [4.69, 9.17) is 4.74 Å². The fourth-order valence-corrected chi connectivity index (χ4v) is 1.39. The van der Waals surface area contributed by atoms with E-state index in [0.29, 0.717) is 17.9 Å². The van der Waals surface area contributed by atoms with Crippen molar-refractivity contribution in [1.29, 1.82) is 0 Å². The van der Waals surface area contributed by atoms with E-state index < -0.39 is 5.60 Å². The Labute approximate surface area is 102 Å². The van der Waals surface area contributed by atoms with Gasteiger partial charge in [0.15, 0.2) is 0 Å². The summed E-state index contributed by atoms with van der Waals surface area (Å²) in [6, 6.07) is 4.55. The largest absolute Gasteiger partial charge is 0.491 e. The Morgan fingerprint density at radius 3 is 2.76 bits per heavy atom. The van der Waals surface area contributed by atoms with Gasteiger partial charge < -0.3 is 15.2 Å². The molecule has 0 saturated heterocycles. The van der Waals surface area contributed by atoms with Gasteiger partial charge in [-0.05, 0) is 44.2 Å². The van der Waals surface area contributed by atoms with E-state index in [1.807, 2.05) is 6.92 Å². The van der Waals surface area contributed by atoms with Gasteiger partial charge in [-0.2, -0.15) is 0 Å². The molecule has 4 heteroatoms. The van der Waals surface area contributed by atoms with Gasteiger partial charge in [0.2, 0.25) is 0 Å². The number of rotatable bonds is 6. The Hall–Kier alpha value is -1.13. The molecule has 3 nitrogen and oxygen atoms in total. The van der Waals surface area contributed by atoms with Crippen LogP contribution in [0.1, 0.15) is 19.4 Å². The molecule has 0 amide bonds. The number of halogens is 1. The van der Waals surface area contributed by atoms with Gasteiger partial charge in [0.25, 0.3) is 0 Å². The number of likely N-dealkylation sites (N-methyl/N-ethyl adjacent to an activating group) is 1. The van der Waals surface area contributed by atoms with Gasteiger partial charge in [0, 0.05) is 6.54 Å². The first-order valence-electron chi connectivity index (χ1n) is 5.76. The topological polar surface area (TPSA) is 41.5 Å². The molecule has 0 aliphatic carbocycles. The monoisotopic (exact) mass is 241 g/mol. The average Bonchev–Trinajstić information content (AvgIpc) is 2.28. The molecule has 0 aliphatic rings. The first kappa shape index (κ1) is 13.9. The third-order valence-corrected chi connectivity index (χ3v) is 2.44. The van der Waals surface area contributed by atoms with E-state index in [2.05, 4.69) is 5.32 Å². The smallest absolute Gasteiger partial charge is 0.126 e. The van der Waals surface area contributed by atoms with Crippen LogP contribution in [0.3, 0.4) is 0 Å². The van der Waals surface area contributed by atoms with E-state index in [-0.39, 0.29) is 12.4 Å². The molecule has 0 radical (unpaired) electrons. The Bertz CT molecular complexity index is 366. The molecule has 1 aromatic rings. The zero-order valence-electron chi connectivity index (χ0n) is 10.6. The molecule has 2 N–H and O–H groups in total. The van der Waals surface area contributed by atoms with E-state index in [0.717, 1.165) is 6.54 Å². The van der Waals surface area contributed by atoms with Gasteiger partial charge in [0.05, 0.1) is 0 Å². The van der Waals surface area contributed by atoms with Gasteiger partial charge >= 0.3 is 0 Å². The summed E-state index contributed by atoms with van der Waals surface area (Å²) in [5, 5.41) is 13.0. The molecule has 96 valence electrons. The van der Waals surface area contributed by atoms with Crippen LogP contribution in [0, 0.1) is 12.7 Å². The highest BCUT2D eigenvalue weighted by Crippen LogP contribution is 2.17. The predicted molar refractivity (Wildman–Crippen MR) is 65.8 cm³/mol. The third-order valence-electron chi connectivity index (χ3n) is 2.44. The molecule has 0 bridgehead atoms. The minimum Gasteiger partial charge on any atom is -0.491 e. The fourth-order valence-electron chi connectivity index (χ4n) is 1.39. The summed E-state index contributed by atoms with van der Waals surface area (Å²) in [4.78, 5) is 0. The van der Waals surface area contributed by atoms with Crippen LogP contribution in [0.5, 0.6) is 5.75 Å². The van der Waals surface area contributed by atoms with Crippen molar-refractivity contribution in [3.63, 3.8) is 0 Å². The lowest BCUT2D eigenvalue weighted by Crippen LogP contribution is -2.42. The molecule has 0 fully saturated rings. The van der Waals surface area contributed by atoms with Crippen molar-refractivity contribution < 1.29 is 14.2 Å². The zero-order chi connectivity index (χ0) is 12.9. The second-order valence-electron chi connectivity index (χ2n) is 4.48. The highest BCUT2D eigenvalue weighted by molar-refractivity contribution is 5.28. The number of aryl methyl sites for hydroxylation is 1. The standard InChI is InChI=1S/C13H20FNO2/c1-4-15-8-13(3,16)9-17-11-5-6-12(14)10(2)7-11/h5-7,15-16H,4,8-9H2,1-3H3. The van der Waals surface area contributed by atoms with Crippen LogP contribution >= 0.6 is 0 Å². The Kier molecular flexibility index (Phi) is 4.90. The van der Waals surface area contributed by atoms with Crippen molar-refractivity contribution >= 4 is 0 Å². The quantitative estimate of drug-likeness (QED) is 0.799. The average molecular weight is 241 g/mol. The van der Waals surface area contributed by atoms with Crippen molar-refractivity contribution in [2.75, 3.05) is 19.7 Å². The van der Waals surface area contributed by atoms with Gasteiger partial charge in [-0.3, -0.25) is 0 Å². The van der Waals surface area contributed by atoms with Crippen molar-refractivity contribution in [2.45, 2.75) is 26.4 Å². The van der Waals surface area contributed by atoms with Crippen molar-refractivity contribution in [3.05, 3.63) is 29.6 Å². The van der Waals surface area contributed by atoms with Crippen LogP contribution < -0.4 is 10.1 Å². The lowest BCUT2D eigenvalue weighted by atomic mass is 10.1. The number of benzene rings is 1. The van der Waals surface area contributed by atoms with E-state index >= 15 is 0 Å². The fraction of sp³-hybridized carbons (Fsp3) is 0.538. The van der Waals surface area contributed by atoms with Crippen molar-refractivity contribution in [1.82, 2.24) is 5.32 Å². The predicted octanol–water partition coefficient (Wildman–Crippen LogP) is 1.87. The summed E-state index contributed by atoms with van der Waals surface area (Å²) in [6.45, 7) is 6.78. The molecule has 0 aromatic heterocycles. The molecule has 0 aliphatic heterocycles. The second-order valence-corrected chi connectivity index (χ2v) is 4.48. The first-order valence-corrected chi connectivity index (χ1v) is 5.76. The summed E-state index contributed by atoms with van der Waals surface area (Å²) >= 11 is 0. The Morgan fingerprint density at radius 1 is 1.47 bits per heavy atom. The number of nitrogens with one attached hydrogen (secondary N) is 1. The summed E-state index contributed by atoms with van der Waals surface area (Å²) in [7, 11) is 0. The van der Waals surface area contributed by atoms with Crippen LogP contribution in [-0.4, -0.2) is 30.4 Å². The summed E-state index contributed by atoms with van der Waals surface area (Å²) in [6.07, 6.45) is 0. The summed E-state index contributed by atoms with van der Waals surface area (Å²) in [5.41, 5.74) is -0.396.